The molecule has 1 N–H and O–H groups in total. The average Bonchev–Trinajstić information content (AvgIpc) is 2.79. The van der Waals surface area contributed by atoms with Crippen LogP contribution in [-0.2, 0) is 29.4 Å². The van der Waals surface area contributed by atoms with Crippen LogP contribution in [0.1, 0.15) is 31.2 Å². The number of rotatable bonds is 6. The lowest BCUT2D eigenvalue weighted by molar-refractivity contribution is -0.109. The summed E-state index contributed by atoms with van der Waals surface area (Å²) in [5.41, 5.74) is 2.17. The van der Waals surface area contributed by atoms with Crippen molar-refractivity contribution >= 4 is 15.9 Å². The van der Waals surface area contributed by atoms with E-state index in [9.17, 15) is 0 Å². The van der Waals surface area contributed by atoms with E-state index in [4.69, 9.17) is 9.47 Å². The number of methoxy groups -OCH3 is 1. The Hall–Kier alpha value is -0.430. The molecular formula is C15H26BrN3O2. The van der Waals surface area contributed by atoms with E-state index in [0.717, 1.165) is 49.1 Å². The van der Waals surface area contributed by atoms with E-state index in [1.54, 1.807) is 0 Å². The number of likely N-dealkylation sites (N-methyl/N-ethyl adjacent to an activating group) is 1. The van der Waals surface area contributed by atoms with Crippen LogP contribution in [0, 0.1) is 0 Å². The van der Waals surface area contributed by atoms with Gasteiger partial charge in [-0.1, -0.05) is 6.92 Å². The predicted molar refractivity (Wildman–Crippen MR) is 86.6 cm³/mol. The number of halogens is 1. The van der Waals surface area contributed by atoms with Crippen LogP contribution in [0.2, 0.25) is 0 Å². The second-order valence-electron chi connectivity index (χ2n) is 5.61. The SMILES string of the molecule is CCc1nn(C)c(CC(NC)C2(OC)CCOCC2)c1Br. The third-order valence-corrected chi connectivity index (χ3v) is 5.55. The van der Waals surface area contributed by atoms with E-state index in [0.29, 0.717) is 0 Å². The van der Waals surface area contributed by atoms with Gasteiger partial charge in [-0.2, -0.15) is 5.10 Å². The molecule has 0 spiro atoms. The lowest BCUT2D eigenvalue weighted by atomic mass is 9.83. The van der Waals surface area contributed by atoms with Crippen LogP contribution in [0.4, 0.5) is 0 Å². The molecule has 2 heterocycles. The Morgan fingerprint density at radius 1 is 1.48 bits per heavy atom. The highest BCUT2D eigenvalue weighted by molar-refractivity contribution is 9.10. The second-order valence-corrected chi connectivity index (χ2v) is 6.40. The summed E-state index contributed by atoms with van der Waals surface area (Å²) in [6.45, 7) is 3.65. The zero-order valence-electron chi connectivity index (χ0n) is 13.4. The van der Waals surface area contributed by atoms with Crippen molar-refractivity contribution in [3.63, 3.8) is 0 Å². The fourth-order valence-electron chi connectivity index (χ4n) is 3.20. The van der Waals surface area contributed by atoms with Gasteiger partial charge in [0, 0.05) is 52.7 Å². The topological polar surface area (TPSA) is 48.3 Å². The van der Waals surface area contributed by atoms with Gasteiger partial charge in [-0.25, -0.2) is 0 Å². The molecule has 0 aromatic carbocycles. The first-order valence-electron chi connectivity index (χ1n) is 7.58. The number of aromatic nitrogens is 2. The van der Waals surface area contributed by atoms with Gasteiger partial charge in [-0.05, 0) is 29.4 Å². The normalized spacial score (nSPS) is 19.7. The van der Waals surface area contributed by atoms with Crippen molar-refractivity contribution in [3.05, 3.63) is 15.9 Å². The zero-order chi connectivity index (χ0) is 15.5. The van der Waals surface area contributed by atoms with Gasteiger partial charge in [0.05, 0.1) is 21.5 Å². The van der Waals surface area contributed by atoms with E-state index >= 15 is 0 Å². The van der Waals surface area contributed by atoms with Crippen LogP contribution in [0.3, 0.4) is 0 Å². The Labute approximate surface area is 135 Å². The summed E-state index contributed by atoms with van der Waals surface area (Å²) < 4.78 is 14.5. The largest absolute Gasteiger partial charge is 0.381 e. The highest BCUT2D eigenvalue weighted by Crippen LogP contribution is 2.32. The molecule has 21 heavy (non-hydrogen) atoms. The molecule has 6 heteroatoms. The van der Waals surface area contributed by atoms with Crippen molar-refractivity contribution in [2.75, 3.05) is 27.4 Å². The number of nitrogens with zero attached hydrogens (tertiary/aromatic N) is 2. The molecule has 5 nitrogen and oxygen atoms in total. The van der Waals surface area contributed by atoms with Crippen LogP contribution < -0.4 is 5.32 Å². The highest BCUT2D eigenvalue weighted by Gasteiger charge is 2.40. The van der Waals surface area contributed by atoms with Crippen LogP contribution in [0.25, 0.3) is 0 Å². The lowest BCUT2D eigenvalue weighted by Crippen LogP contribution is -2.55. The molecule has 1 aliphatic heterocycles. The molecule has 0 amide bonds. The standard InChI is InChI=1S/C15H26BrN3O2/c1-5-11-14(16)12(19(3)18-11)10-13(17-2)15(20-4)6-8-21-9-7-15/h13,17H,5-10H2,1-4H3. The van der Waals surface area contributed by atoms with Crippen LogP contribution in [-0.4, -0.2) is 48.8 Å². The zero-order valence-corrected chi connectivity index (χ0v) is 15.0. The maximum atomic E-state index is 5.93. The molecule has 1 saturated heterocycles. The predicted octanol–water partition coefficient (Wildman–Crippen LogP) is 2.07. The smallest absolute Gasteiger partial charge is 0.0878 e. The summed E-state index contributed by atoms with van der Waals surface area (Å²) in [7, 11) is 5.83. The summed E-state index contributed by atoms with van der Waals surface area (Å²) in [6, 6.07) is 0.239. The van der Waals surface area contributed by atoms with Crippen molar-refractivity contribution < 1.29 is 9.47 Å². The third-order valence-electron chi connectivity index (χ3n) is 4.63. The maximum Gasteiger partial charge on any atom is 0.0878 e. The molecule has 0 saturated carbocycles. The highest BCUT2D eigenvalue weighted by atomic mass is 79.9. The van der Waals surface area contributed by atoms with Crippen molar-refractivity contribution in [3.8, 4) is 0 Å². The number of nitrogens with one attached hydrogen (secondary N) is 1. The molecule has 2 rings (SSSR count). The summed E-state index contributed by atoms with van der Waals surface area (Å²) in [5, 5.41) is 8.04. The Morgan fingerprint density at radius 2 is 2.14 bits per heavy atom. The molecule has 1 aromatic heterocycles. The Balaban J connectivity index is 2.24. The first-order valence-corrected chi connectivity index (χ1v) is 8.37. The fraction of sp³-hybridized carbons (Fsp3) is 0.800. The lowest BCUT2D eigenvalue weighted by Gasteiger charge is -2.42. The third kappa shape index (κ3) is 3.33. The van der Waals surface area contributed by atoms with Crippen LogP contribution in [0.5, 0.6) is 0 Å². The molecule has 0 bridgehead atoms. The molecular weight excluding hydrogens is 334 g/mol. The van der Waals surface area contributed by atoms with Gasteiger partial charge in [0.25, 0.3) is 0 Å². The van der Waals surface area contributed by atoms with Crippen molar-refractivity contribution in [2.24, 2.45) is 7.05 Å². The van der Waals surface area contributed by atoms with E-state index in [1.165, 1.54) is 5.69 Å². The monoisotopic (exact) mass is 359 g/mol. The Bertz CT molecular complexity index is 470. The number of aryl methyl sites for hydroxylation is 2. The Morgan fingerprint density at radius 3 is 2.62 bits per heavy atom. The summed E-state index contributed by atoms with van der Waals surface area (Å²) >= 11 is 3.71. The number of ether oxygens (including phenoxy) is 2. The van der Waals surface area contributed by atoms with Gasteiger partial charge in [-0.3, -0.25) is 4.68 Å². The summed E-state index contributed by atoms with van der Waals surface area (Å²) in [5.74, 6) is 0. The molecule has 0 aliphatic carbocycles. The van der Waals surface area contributed by atoms with Crippen molar-refractivity contribution in [1.29, 1.82) is 0 Å². The fourth-order valence-corrected chi connectivity index (χ4v) is 3.98. The number of hydrogen-bond donors (Lipinski definition) is 1. The summed E-state index contributed by atoms with van der Waals surface area (Å²) in [4.78, 5) is 0. The van der Waals surface area contributed by atoms with E-state index < -0.39 is 0 Å². The van der Waals surface area contributed by atoms with E-state index in [2.05, 4.69) is 33.3 Å². The summed E-state index contributed by atoms with van der Waals surface area (Å²) in [6.07, 6.45) is 3.66. The molecule has 1 fully saturated rings. The minimum Gasteiger partial charge on any atom is -0.381 e. The second kappa shape index (κ2) is 7.22. The minimum atomic E-state index is -0.164. The number of hydrogen-bond acceptors (Lipinski definition) is 4. The van der Waals surface area contributed by atoms with Gasteiger partial charge in [-0.15, -0.1) is 0 Å². The van der Waals surface area contributed by atoms with Gasteiger partial charge in [0.2, 0.25) is 0 Å². The quantitative estimate of drug-likeness (QED) is 0.844. The molecule has 1 atom stereocenters. The van der Waals surface area contributed by atoms with Crippen molar-refractivity contribution in [1.82, 2.24) is 15.1 Å². The van der Waals surface area contributed by atoms with Gasteiger partial charge >= 0.3 is 0 Å². The molecule has 120 valence electrons. The van der Waals surface area contributed by atoms with E-state index in [-0.39, 0.29) is 11.6 Å². The maximum absolute atomic E-state index is 5.93. The van der Waals surface area contributed by atoms with Gasteiger partial charge in [0.15, 0.2) is 0 Å². The van der Waals surface area contributed by atoms with Crippen LogP contribution >= 0.6 is 15.9 Å². The van der Waals surface area contributed by atoms with E-state index in [1.807, 2.05) is 25.9 Å². The minimum absolute atomic E-state index is 0.164. The average molecular weight is 360 g/mol. The Kier molecular flexibility index (Phi) is 5.82. The first-order chi connectivity index (χ1) is 10.1. The van der Waals surface area contributed by atoms with Gasteiger partial charge < -0.3 is 14.8 Å². The molecule has 1 unspecified atom stereocenters. The first kappa shape index (κ1) is 16.9. The molecule has 0 radical (unpaired) electrons. The van der Waals surface area contributed by atoms with Crippen LogP contribution in [0.15, 0.2) is 4.47 Å². The molecule has 1 aromatic rings. The van der Waals surface area contributed by atoms with Gasteiger partial charge in [0.1, 0.15) is 0 Å². The molecule has 1 aliphatic rings. The van der Waals surface area contributed by atoms with Crippen molar-refractivity contribution in [2.45, 2.75) is 44.2 Å².